The molecule has 1 amide bonds. The number of hydrogen-bond donors (Lipinski definition) is 1. The van der Waals surface area contributed by atoms with Crippen LogP contribution in [0.4, 0.5) is 5.13 Å². The minimum atomic E-state index is -0.240. The summed E-state index contributed by atoms with van der Waals surface area (Å²) in [7, 11) is 0. The van der Waals surface area contributed by atoms with Gasteiger partial charge in [-0.05, 0) is 30.5 Å². The number of ether oxygens (including phenoxy) is 1. The molecule has 0 saturated heterocycles. The molecule has 1 aromatic heterocycles. The van der Waals surface area contributed by atoms with E-state index in [9.17, 15) is 4.79 Å². The number of amides is 1. The Morgan fingerprint density at radius 1 is 0.960 bits per heavy atom. The Balaban J connectivity index is 1.41. The molecule has 0 aliphatic heterocycles. The largest absolute Gasteiger partial charge is 0.484 e. The zero-order chi connectivity index (χ0) is 17.3. The van der Waals surface area contributed by atoms with Gasteiger partial charge in [-0.15, -0.1) is 10.2 Å². The first-order chi connectivity index (χ1) is 12.3. The molecule has 3 aromatic rings. The van der Waals surface area contributed by atoms with Gasteiger partial charge in [0.1, 0.15) is 10.8 Å². The van der Waals surface area contributed by atoms with Crippen LogP contribution in [0.5, 0.6) is 5.75 Å². The molecule has 1 N–H and O–H groups in total. The molecule has 0 bridgehead atoms. The van der Waals surface area contributed by atoms with Gasteiger partial charge in [0.15, 0.2) is 6.61 Å². The van der Waals surface area contributed by atoms with E-state index >= 15 is 0 Å². The highest BCUT2D eigenvalue weighted by Gasteiger charge is 2.09. The molecule has 0 radical (unpaired) electrons. The van der Waals surface area contributed by atoms with Crippen LogP contribution in [-0.4, -0.2) is 22.7 Å². The second-order valence-electron chi connectivity index (χ2n) is 5.49. The number of nitrogens with one attached hydrogen (secondary N) is 1. The number of hydrogen-bond acceptors (Lipinski definition) is 5. The van der Waals surface area contributed by atoms with Gasteiger partial charge in [0.25, 0.3) is 5.91 Å². The van der Waals surface area contributed by atoms with Gasteiger partial charge in [-0.3, -0.25) is 10.1 Å². The van der Waals surface area contributed by atoms with Crippen LogP contribution in [0, 0.1) is 0 Å². The number of nitrogens with zero attached hydrogens (tertiary/aromatic N) is 2. The van der Waals surface area contributed by atoms with E-state index in [2.05, 4.69) is 27.6 Å². The Morgan fingerprint density at radius 3 is 2.44 bits per heavy atom. The van der Waals surface area contributed by atoms with Crippen molar-refractivity contribution in [3.8, 4) is 5.75 Å². The molecule has 6 heteroatoms. The van der Waals surface area contributed by atoms with Crippen molar-refractivity contribution in [2.45, 2.75) is 19.3 Å². The summed E-state index contributed by atoms with van der Waals surface area (Å²) >= 11 is 1.41. The molecule has 2 aromatic carbocycles. The molecule has 0 fully saturated rings. The van der Waals surface area contributed by atoms with Gasteiger partial charge in [0.2, 0.25) is 5.13 Å². The maximum absolute atomic E-state index is 11.9. The Labute approximate surface area is 150 Å². The molecule has 0 atom stereocenters. The van der Waals surface area contributed by atoms with Gasteiger partial charge in [0.05, 0.1) is 0 Å². The Hall–Kier alpha value is -2.73. The highest BCUT2D eigenvalue weighted by atomic mass is 32.1. The number of anilines is 1. The molecular formula is C19H19N3O2S. The van der Waals surface area contributed by atoms with Crippen LogP contribution >= 0.6 is 11.3 Å². The predicted octanol–water partition coefficient (Wildman–Crippen LogP) is 3.73. The summed E-state index contributed by atoms with van der Waals surface area (Å²) in [6, 6.07) is 19.6. The van der Waals surface area contributed by atoms with Crippen molar-refractivity contribution >= 4 is 22.4 Å². The second kappa shape index (κ2) is 8.94. The summed E-state index contributed by atoms with van der Waals surface area (Å²) in [5.41, 5.74) is 1.32. The van der Waals surface area contributed by atoms with E-state index < -0.39 is 0 Å². The minimum absolute atomic E-state index is 0.0487. The second-order valence-corrected chi connectivity index (χ2v) is 6.55. The van der Waals surface area contributed by atoms with Crippen molar-refractivity contribution in [2.75, 3.05) is 11.9 Å². The van der Waals surface area contributed by atoms with Gasteiger partial charge < -0.3 is 4.74 Å². The van der Waals surface area contributed by atoms with Gasteiger partial charge in [0, 0.05) is 6.42 Å². The summed E-state index contributed by atoms with van der Waals surface area (Å²) in [5.74, 6) is 0.423. The van der Waals surface area contributed by atoms with E-state index in [0.29, 0.717) is 10.9 Å². The predicted molar refractivity (Wildman–Crippen MR) is 98.9 cm³/mol. The highest BCUT2D eigenvalue weighted by Crippen LogP contribution is 2.17. The molecule has 0 spiro atoms. The summed E-state index contributed by atoms with van der Waals surface area (Å²) in [4.78, 5) is 11.9. The van der Waals surface area contributed by atoms with Crippen molar-refractivity contribution in [3.05, 3.63) is 71.2 Å². The molecule has 0 unspecified atom stereocenters. The van der Waals surface area contributed by atoms with Gasteiger partial charge in [-0.2, -0.15) is 0 Å². The average molecular weight is 353 g/mol. The Morgan fingerprint density at radius 2 is 1.68 bits per heavy atom. The summed E-state index contributed by atoms with van der Waals surface area (Å²) in [6.07, 6.45) is 2.86. The summed E-state index contributed by atoms with van der Waals surface area (Å²) < 4.78 is 5.41. The smallest absolute Gasteiger partial charge is 0.264 e. The molecule has 0 aliphatic rings. The Kier molecular flexibility index (Phi) is 6.11. The number of rotatable bonds is 8. The first kappa shape index (κ1) is 17.1. The molecule has 5 nitrogen and oxygen atoms in total. The Bertz CT molecular complexity index is 791. The third-order valence-electron chi connectivity index (χ3n) is 3.53. The van der Waals surface area contributed by atoms with Crippen LogP contribution in [0.1, 0.15) is 17.0 Å². The van der Waals surface area contributed by atoms with Crippen LogP contribution in [0.3, 0.4) is 0 Å². The maximum atomic E-state index is 11.9. The normalized spacial score (nSPS) is 10.4. The number of carbonyl (C=O) groups is 1. The molecule has 0 aliphatic carbocycles. The first-order valence-corrected chi connectivity index (χ1v) is 8.95. The first-order valence-electron chi connectivity index (χ1n) is 8.13. The third-order valence-corrected chi connectivity index (χ3v) is 4.42. The minimum Gasteiger partial charge on any atom is -0.484 e. The standard InChI is InChI=1S/C19H19N3O2S/c23-17(14-24-16-11-5-2-6-12-16)20-19-22-21-18(25-19)13-7-10-15-8-3-1-4-9-15/h1-6,8-9,11-12H,7,10,13-14H2,(H,20,22,23). The fourth-order valence-corrected chi connectivity index (χ4v) is 3.11. The number of benzene rings is 2. The molecular weight excluding hydrogens is 334 g/mol. The van der Waals surface area contributed by atoms with E-state index in [4.69, 9.17) is 4.74 Å². The van der Waals surface area contributed by atoms with E-state index in [1.807, 2.05) is 48.5 Å². The van der Waals surface area contributed by atoms with Crippen molar-refractivity contribution in [1.29, 1.82) is 0 Å². The SMILES string of the molecule is O=C(COc1ccccc1)Nc1nnc(CCCc2ccccc2)s1. The third kappa shape index (κ3) is 5.69. The van der Waals surface area contributed by atoms with Gasteiger partial charge in [-0.1, -0.05) is 59.9 Å². The van der Waals surface area contributed by atoms with Crippen molar-refractivity contribution in [3.63, 3.8) is 0 Å². The van der Waals surface area contributed by atoms with Crippen molar-refractivity contribution in [1.82, 2.24) is 10.2 Å². The quantitative estimate of drug-likeness (QED) is 0.670. The molecule has 1 heterocycles. The monoisotopic (exact) mass is 353 g/mol. The van der Waals surface area contributed by atoms with Crippen LogP contribution in [-0.2, 0) is 17.6 Å². The van der Waals surface area contributed by atoms with E-state index in [-0.39, 0.29) is 12.5 Å². The molecule has 128 valence electrons. The van der Waals surface area contributed by atoms with Crippen LogP contribution in [0.25, 0.3) is 0 Å². The topological polar surface area (TPSA) is 64.1 Å². The van der Waals surface area contributed by atoms with Gasteiger partial charge in [-0.25, -0.2) is 0 Å². The summed E-state index contributed by atoms with van der Waals surface area (Å²) in [5, 5.41) is 12.3. The van der Waals surface area contributed by atoms with Crippen molar-refractivity contribution < 1.29 is 9.53 Å². The fraction of sp³-hybridized carbons (Fsp3) is 0.211. The fourth-order valence-electron chi connectivity index (χ4n) is 2.31. The molecule has 3 rings (SSSR count). The number of aromatic nitrogens is 2. The number of carbonyl (C=O) groups excluding carboxylic acids is 1. The van der Waals surface area contributed by atoms with Gasteiger partial charge >= 0.3 is 0 Å². The van der Waals surface area contributed by atoms with Crippen LogP contribution in [0.15, 0.2) is 60.7 Å². The van der Waals surface area contributed by atoms with E-state index in [1.165, 1.54) is 16.9 Å². The number of para-hydroxylation sites is 1. The number of aryl methyl sites for hydroxylation is 2. The van der Waals surface area contributed by atoms with Crippen LogP contribution in [0.2, 0.25) is 0 Å². The average Bonchev–Trinajstić information content (AvgIpc) is 3.09. The molecule has 25 heavy (non-hydrogen) atoms. The van der Waals surface area contributed by atoms with Crippen LogP contribution < -0.4 is 10.1 Å². The van der Waals surface area contributed by atoms with Crippen molar-refractivity contribution in [2.24, 2.45) is 0 Å². The zero-order valence-electron chi connectivity index (χ0n) is 13.7. The van der Waals surface area contributed by atoms with E-state index in [1.54, 1.807) is 0 Å². The lowest BCUT2D eigenvalue weighted by Crippen LogP contribution is -2.20. The lowest BCUT2D eigenvalue weighted by Gasteiger charge is -2.04. The zero-order valence-corrected chi connectivity index (χ0v) is 14.5. The molecule has 0 saturated carbocycles. The lowest BCUT2D eigenvalue weighted by atomic mass is 10.1. The van der Waals surface area contributed by atoms with E-state index in [0.717, 1.165) is 24.3 Å². The lowest BCUT2D eigenvalue weighted by molar-refractivity contribution is -0.118. The highest BCUT2D eigenvalue weighted by molar-refractivity contribution is 7.15. The maximum Gasteiger partial charge on any atom is 0.264 e. The summed E-state index contributed by atoms with van der Waals surface area (Å²) in [6.45, 7) is -0.0487.